The van der Waals surface area contributed by atoms with Crippen LogP contribution in [0.25, 0.3) is 0 Å². The van der Waals surface area contributed by atoms with Crippen LogP contribution in [-0.2, 0) is 10.0 Å². The maximum Gasteiger partial charge on any atom is 0.271 e. The number of nitrogens with one attached hydrogen (secondary N) is 2. The summed E-state index contributed by atoms with van der Waals surface area (Å²) in [4.78, 5) is 12.3. The molecule has 2 aromatic carbocycles. The zero-order valence-corrected chi connectivity index (χ0v) is 17.1. The highest BCUT2D eigenvalue weighted by Crippen LogP contribution is 2.20. The number of benzene rings is 2. The van der Waals surface area contributed by atoms with Crippen molar-refractivity contribution in [2.45, 2.75) is 31.6 Å². The molecule has 1 aliphatic rings. The second kappa shape index (κ2) is 8.91. The van der Waals surface area contributed by atoms with E-state index >= 15 is 0 Å². The Labute approximate surface area is 170 Å². The van der Waals surface area contributed by atoms with Crippen molar-refractivity contribution in [2.24, 2.45) is 5.10 Å². The molecule has 0 saturated carbocycles. The molecule has 0 heterocycles. The van der Waals surface area contributed by atoms with Gasteiger partial charge in [-0.25, -0.2) is 13.8 Å². The quantitative estimate of drug-likeness (QED) is 0.676. The number of hydrazone groups is 1. The maximum absolute atomic E-state index is 12.5. The van der Waals surface area contributed by atoms with Crippen LogP contribution in [-0.4, -0.2) is 26.6 Å². The minimum Gasteiger partial charge on any atom is -0.494 e. The molecular weight excluding hydrogens is 390 g/mol. The van der Waals surface area contributed by atoms with Gasteiger partial charge in [-0.15, -0.1) is 0 Å². The van der Waals surface area contributed by atoms with E-state index in [9.17, 15) is 13.2 Å². The molecule has 0 aliphatic heterocycles. The van der Waals surface area contributed by atoms with Gasteiger partial charge in [0.15, 0.2) is 0 Å². The van der Waals surface area contributed by atoms with Crippen molar-refractivity contribution in [3.8, 4) is 5.75 Å². The summed E-state index contributed by atoms with van der Waals surface area (Å²) in [6.45, 7) is 4.39. The maximum atomic E-state index is 12.5. The molecule has 0 spiro atoms. The van der Waals surface area contributed by atoms with Crippen LogP contribution in [0.2, 0.25) is 0 Å². The Kier molecular flexibility index (Phi) is 6.33. The van der Waals surface area contributed by atoms with Crippen LogP contribution >= 0.6 is 0 Å². The molecule has 8 heteroatoms. The number of allylic oxidation sites excluding steroid dienone is 2. The van der Waals surface area contributed by atoms with E-state index in [0.29, 0.717) is 23.6 Å². The van der Waals surface area contributed by atoms with E-state index < -0.39 is 10.0 Å². The number of hydrogen-bond donors (Lipinski definition) is 2. The third-order valence-corrected chi connectivity index (χ3v) is 5.73. The molecule has 7 nitrogen and oxygen atoms in total. The molecule has 1 aliphatic carbocycles. The minimum atomic E-state index is -3.74. The number of rotatable bonds is 7. The third-order valence-electron chi connectivity index (χ3n) is 4.33. The molecule has 0 bridgehead atoms. The first-order valence-electron chi connectivity index (χ1n) is 9.27. The highest BCUT2D eigenvalue weighted by molar-refractivity contribution is 7.92. The van der Waals surface area contributed by atoms with Gasteiger partial charge >= 0.3 is 0 Å². The van der Waals surface area contributed by atoms with E-state index in [1.165, 1.54) is 29.8 Å². The fourth-order valence-corrected chi connectivity index (χ4v) is 3.87. The van der Waals surface area contributed by atoms with Gasteiger partial charge in [-0.1, -0.05) is 5.57 Å². The molecule has 0 atom stereocenters. The zero-order chi connectivity index (χ0) is 20.9. The van der Waals surface area contributed by atoms with Gasteiger partial charge in [-0.05, 0) is 81.3 Å². The van der Waals surface area contributed by atoms with Gasteiger partial charge in [-0.2, -0.15) is 5.10 Å². The minimum absolute atomic E-state index is 0.124. The average molecular weight is 413 g/mol. The molecule has 0 unspecified atom stereocenters. The van der Waals surface area contributed by atoms with E-state index in [1.54, 1.807) is 24.3 Å². The van der Waals surface area contributed by atoms with Crippen LogP contribution in [0.5, 0.6) is 5.75 Å². The third kappa shape index (κ3) is 5.45. The smallest absolute Gasteiger partial charge is 0.271 e. The number of sulfonamides is 1. The van der Waals surface area contributed by atoms with E-state index in [4.69, 9.17) is 4.74 Å². The largest absolute Gasteiger partial charge is 0.494 e. The van der Waals surface area contributed by atoms with E-state index in [2.05, 4.69) is 15.2 Å². The first kappa shape index (κ1) is 20.6. The van der Waals surface area contributed by atoms with Crippen molar-refractivity contribution < 1.29 is 17.9 Å². The van der Waals surface area contributed by atoms with Gasteiger partial charge in [0.1, 0.15) is 5.75 Å². The number of anilines is 1. The molecule has 0 aromatic heterocycles. The van der Waals surface area contributed by atoms with Crippen LogP contribution < -0.4 is 14.9 Å². The summed E-state index contributed by atoms with van der Waals surface area (Å²) in [5.41, 5.74) is 5.35. The number of carbonyl (C=O) groups is 1. The summed E-state index contributed by atoms with van der Waals surface area (Å²) in [6.07, 6.45) is 3.73. The molecular formula is C21H23N3O4S. The van der Waals surface area contributed by atoms with E-state index in [-0.39, 0.29) is 10.8 Å². The predicted octanol–water partition coefficient (Wildman–Crippen LogP) is 3.71. The first-order chi connectivity index (χ1) is 13.9. The van der Waals surface area contributed by atoms with Crippen molar-refractivity contribution in [1.29, 1.82) is 0 Å². The lowest BCUT2D eigenvalue weighted by atomic mass is 10.2. The van der Waals surface area contributed by atoms with Crippen LogP contribution in [0.4, 0.5) is 5.69 Å². The summed E-state index contributed by atoms with van der Waals surface area (Å²) in [7, 11) is -3.74. The Balaban J connectivity index is 1.64. The van der Waals surface area contributed by atoms with Crippen molar-refractivity contribution in [3.05, 3.63) is 65.7 Å². The number of hydrogen-bond acceptors (Lipinski definition) is 5. The van der Waals surface area contributed by atoms with Crippen LogP contribution in [0.15, 0.2) is 70.2 Å². The normalized spacial score (nSPS) is 15.1. The zero-order valence-electron chi connectivity index (χ0n) is 16.3. The highest BCUT2D eigenvalue weighted by Gasteiger charge is 2.15. The molecule has 2 N–H and O–H groups in total. The lowest BCUT2D eigenvalue weighted by Crippen LogP contribution is -2.19. The summed E-state index contributed by atoms with van der Waals surface area (Å²) < 4.78 is 32.8. The van der Waals surface area contributed by atoms with Crippen molar-refractivity contribution >= 4 is 27.3 Å². The first-order valence-corrected chi connectivity index (χ1v) is 10.8. The molecule has 152 valence electrons. The predicted molar refractivity (Wildman–Crippen MR) is 113 cm³/mol. The average Bonchev–Trinajstić information content (AvgIpc) is 3.12. The van der Waals surface area contributed by atoms with E-state index in [1.807, 2.05) is 19.9 Å². The topological polar surface area (TPSA) is 96.9 Å². The highest BCUT2D eigenvalue weighted by atomic mass is 32.2. The van der Waals surface area contributed by atoms with Gasteiger partial charge in [0.2, 0.25) is 0 Å². The lowest BCUT2D eigenvalue weighted by Gasteiger charge is -2.09. The Morgan fingerprint density at radius 3 is 2.34 bits per heavy atom. The molecule has 0 radical (unpaired) electrons. The number of nitrogens with zero attached hydrogens (tertiary/aromatic N) is 1. The summed E-state index contributed by atoms with van der Waals surface area (Å²) >= 11 is 0. The van der Waals surface area contributed by atoms with Gasteiger partial charge < -0.3 is 4.74 Å². The van der Waals surface area contributed by atoms with Gasteiger partial charge in [-0.3, -0.25) is 9.52 Å². The van der Waals surface area contributed by atoms with Gasteiger partial charge in [0.05, 0.1) is 17.2 Å². The molecule has 3 rings (SSSR count). The van der Waals surface area contributed by atoms with Crippen LogP contribution in [0.3, 0.4) is 0 Å². The second-order valence-corrected chi connectivity index (χ2v) is 8.30. The SMILES string of the molecule is CCOc1ccc(S(=O)(=O)Nc2ccc(C(=O)N/N=C3\C=C(C)CC3)cc2)cc1. The van der Waals surface area contributed by atoms with Gasteiger partial charge in [0, 0.05) is 11.3 Å². The van der Waals surface area contributed by atoms with Crippen LogP contribution in [0, 0.1) is 0 Å². The number of amides is 1. The van der Waals surface area contributed by atoms with Crippen molar-refractivity contribution in [2.75, 3.05) is 11.3 Å². The number of carbonyl (C=O) groups excluding carboxylic acids is 1. The second-order valence-electron chi connectivity index (χ2n) is 6.62. The molecule has 0 fully saturated rings. The van der Waals surface area contributed by atoms with Crippen molar-refractivity contribution in [3.63, 3.8) is 0 Å². The fraction of sp³-hybridized carbons (Fsp3) is 0.238. The Bertz CT molecular complexity index is 1040. The van der Waals surface area contributed by atoms with E-state index in [0.717, 1.165) is 18.6 Å². The monoisotopic (exact) mass is 413 g/mol. The van der Waals surface area contributed by atoms with Crippen molar-refractivity contribution in [1.82, 2.24) is 5.43 Å². The van der Waals surface area contributed by atoms with Crippen LogP contribution in [0.1, 0.15) is 37.0 Å². The fourth-order valence-electron chi connectivity index (χ4n) is 2.81. The molecule has 2 aromatic rings. The molecule has 1 amide bonds. The van der Waals surface area contributed by atoms with Gasteiger partial charge in [0.25, 0.3) is 15.9 Å². The summed E-state index contributed by atoms with van der Waals surface area (Å²) in [5.74, 6) is 0.255. The Morgan fingerprint density at radius 2 is 1.76 bits per heavy atom. The molecule has 0 saturated heterocycles. The Hall–Kier alpha value is -3.13. The number of ether oxygens (including phenoxy) is 1. The molecule has 29 heavy (non-hydrogen) atoms. The summed E-state index contributed by atoms with van der Waals surface area (Å²) in [6, 6.07) is 12.3. The standard InChI is InChI=1S/C21H23N3O4S/c1-3-28-19-10-12-20(13-11-19)29(26,27)24-17-8-5-16(6-9-17)21(25)23-22-18-7-4-15(2)14-18/h5-6,8-14,24H,3-4,7H2,1-2H3,(H,23,25)/b22-18-. The summed E-state index contributed by atoms with van der Waals surface area (Å²) in [5, 5.41) is 4.11. The Morgan fingerprint density at radius 1 is 1.07 bits per heavy atom. The lowest BCUT2D eigenvalue weighted by molar-refractivity contribution is 0.0955.